The van der Waals surface area contributed by atoms with Gasteiger partial charge >= 0.3 is 116 Å². The van der Waals surface area contributed by atoms with E-state index in [0.717, 1.165) is 5.32 Å². The molecule has 2 N–H and O–H groups in total. The van der Waals surface area contributed by atoms with Crippen molar-refractivity contribution in [2.45, 2.75) is 29.6 Å². The van der Waals surface area contributed by atoms with E-state index in [9.17, 15) is 14.9 Å². The number of carbonyl (C=O) groups is 1. The summed E-state index contributed by atoms with van der Waals surface area (Å²) in [4.78, 5) is 20.8. The van der Waals surface area contributed by atoms with Crippen molar-refractivity contribution < 1.29 is 19.9 Å². The van der Waals surface area contributed by atoms with Gasteiger partial charge < -0.3 is 0 Å². The fourth-order valence-corrected chi connectivity index (χ4v) is 3.55. The minimum absolute atomic E-state index is 0.134. The van der Waals surface area contributed by atoms with Gasteiger partial charge in [-0.1, -0.05) is 0 Å². The molecule has 104 valence electrons. The first-order valence-corrected chi connectivity index (χ1v) is 8.15. The molecule has 0 unspecified atom stereocenters. The van der Waals surface area contributed by atoms with Crippen LogP contribution in [0.4, 0.5) is 5.69 Å². The number of para-hydroxylation sites is 1. The molecule has 1 aromatic carbocycles. The van der Waals surface area contributed by atoms with Gasteiger partial charge in [0.15, 0.2) is 0 Å². The van der Waals surface area contributed by atoms with Crippen LogP contribution < -0.4 is 0 Å². The molecule has 1 atom stereocenters. The van der Waals surface area contributed by atoms with Gasteiger partial charge in [0.05, 0.1) is 0 Å². The van der Waals surface area contributed by atoms with Crippen LogP contribution in [0.1, 0.15) is 18.4 Å². The molecule has 1 aromatic rings. The summed E-state index contributed by atoms with van der Waals surface area (Å²) in [6.45, 7) is 0. The molecule has 19 heavy (non-hydrogen) atoms. The number of aliphatic carboxylic acids is 1. The van der Waals surface area contributed by atoms with Crippen molar-refractivity contribution in [3.05, 3.63) is 39.9 Å². The summed E-state index contributed by atoms with van der Waals surface area (Å²) < 4.78 is 0. The molecule has 0 spiro atoms. The number of carboxylic acids is 1. The molecule has 0 saturated heterocycles. The van der Waals surface area contributed by atoms with Gasteiger partial charge in [-0.25, -0.2) is 0 Å². The Balaban J connectivity index is 2.34. The first kappa shape index (κ1) is 15.6. The van der Waals surface area contributed by atoms with Crippen molar-refractivity contribution in [3.8, 4) is 0 Å². The van der Waals surface area contributed by atoms with E-state index in [-0.39, 0.29) is 32.0 Å². The van der Waals surface area contributed by atoms with Crippen molar-refractivity contribution in [1.29, 1.82) is 0 Å². The summed E-state index contributed by atoms with van der Waals surface area (Å²) in [7, 11) is 0. The zero-order chi connectivity index (χ0) is 14.3. The molecule has 0 radical (unpaired) electrons. The van der Waals surface area contributed by atoms with E-state index < -0.39 is 12.1 Å². The van der Waals surface area contributed by atoms with E-state index in [1.807, 2.05) is 0 Å². The van der Waals surface area contributed by atoms with Gasteiger partial charge in [0.1, 0.15) is 0 Å². The summed E-state index contributed by atoms with van der Waals surface area (Å²) in [5.41, 5.74) is 0.848. The van der Waals surface area contributed by atoms with Crippen molar-refractivity contribution in [3.63, 3.8) is 0 Å². The summed E-state index contributed by atoms with van der Waals surface area (Å²) in [5.74, 6) is -1.20. The number of nitrogens with zero attached hydrogens (tertiary/aromatic N) is 1. The molecule has 0 fully saturated rings. The van der Waals surface area contributed by atoms with Gasteiger partial charge in [0.25, 0.3) is 0 Å². The average molecular weight is 332 g/mol. The molecule has 6 nitrogen and oxygen atoms in total. The Morgan fingerprint density at radius 1 is 1.42 bits per heavy atom. The van der Waals surface area contributed by atoms with E-state index in [1.54, 1.807) is 18.2 Å². The van der Waals surface area contributed by atoms with E-state index in [2.05, 4.69) is 0 Å². The molecular weight excluding hydrogens is 317 g/mol. The van der Waals surface area contributed by atoms with E-state index in [1.165, 1.54) is 6.07 Å². The molecule has 0 saturated carbocycles. The molecule has 0 aliphatic carbocycles. The van der Waals surface area contributed by atoms with Crippen LogP contribution in [0.3, 0.4) is 0 Å². The van der Waals surface area contributed by atoms with Crippen LogP contribution in [0.25, 0.3) is 0 Å². The first-order chi connectivity index (χ1) is 9.02. The van der Waals surface area contributed by atoms with Crippen LogP contribution in [0.2, 0.25) is 5.32 Å². The SMILES string of the molecule is O=C(O)[C@@H](O)CCC[Se]Cc1ccccc1[N+](=O)[O-]. The van der Waals surface area contributed by atoms with Gasteiger partial charge in [-0.05, 0) is 0 Å². The van der Waals surface area contributed by atoms with E-state index >= 15 is 0 Å². The van der Waals surface area contributed by atoms with Crippen LogP contribution in [0, 0.1) is 10.1 Å². The molecule has 0 bridgehead atoms. The molecule has 0 aliphatic heterocycles. The quantitative estimate of drug-likeness (QED) is 0.325. The Hall–Kier alpha value is -1.43. The van der Waals surface area contributed by atoms with Gasteiger partial charge in [0, 0.05) is 0 Å². The summed E-state index contributed by atoms with van der Waals surface area (Å²) in [5, 5.41) is 29.8. The first-order valence-electron chi connectivity index (χ1n) is 5.73. The van der Waals surface area contributed by atoms with Crippen molar-refractivity contribution in [1.82, 2.24) is 0 Å². The number of carboxylic acid groups (broad SMARTS) is 1. The number of nitro groups is 1. The topological polar surface area (TPSA) is 101 Å². The molecule has 7 heteroatoms. The third-order valence-corrected chi connectivity index (χ3v) is 4.79. The summed E-state index contributed by atoms with van der Waals surface area (Å²) in [6.07, 6.45) is -0.455. The second-order valence-corrected chi connectivity index (χ2v) is 6.25. The van der Waals surface area contributed by atoms with E-state index in [4.69, 9.17) is 10.2 Å². The average Bonchev–Trinajstić information content (AvgIpc) is 2.38. The molecule has 1 rings (SSSR count). The van der Waals surface area contributed by atoms with Gasteiger partial charge in [-0.3, -0.25) is 0 Å². The third-order valence-electron chi connectivity index (χ3n) is 2.50. The Morgan fingerprint density at radius 2 is 2.11 bits per heavy atom. The number of hydrogen-bond donors (Lipinski definition) is 2. The molecule has 0 aliphatic rings. The van der Waals surface area contributed by atoms with Crippen molar-refractivity contribution in [2.75, 3.05) is 0 Å². The number of nitro benzene ring substituents is 1. The van der Waals surface area contributed by atoms with Crippen LogP contribution in [-0.2, 0) is 10.1 Å². The predicted octanol–water partition coefficient (Wildman–Crippen LogP) is 1.44. The molecule has 0 aromatic heterocycles. The molecular formula is C12H15NO5Se. The number of benzene rings is 1. The van der Waals surface area contributed by atoms with Gasteiger partial charge in [-0.2, -0.15) is 0 Å². The van der Waals surface area contributed by atoms with Crippen LogP contribution in [0.5, 0.6) is 0 Å². The maximum atomic E-state index is 10.8. The third kappa shape index (κ3) is 5.38. The van der Waals surface area contributed by atoms with Crippen LogP contribution in [0.15, 0.2) is 24.3 Å². The summed E-state index contributed by atoms with van der Waals surface area (Å²) in [6, 6.07) is 6.63. The number of aliphatic hydroxyl groups excluding tert-OH is 1. The summed E-state index contributed by atoms with van der Waals surface area (Å²) >= 11 is 0.171. The molecule has 0 heterocycles. The normalized spacial score (nSPS) is 12.1. The zero-order valence-corrected chi connectivity index (χ0v) is 11.9. The Kier molecular flexibility index (Phi) is 6.49. The monoisotopic (exact) mass is 333 g/mol. The fourth-order valence-electron chi connectivity index (χ4n) is 1.50. The van der Waals surface area contributed by atoms with E-state index in [0.29, 0.717) is 17.3 Å². The number of aliphatic hydroxyl groups is 1. The Morgan fingerprint density at radius 3 is 2.74 bits per heavy atom. The minimum atomic E-state index is -1.30. The number of rotatable bonds is 8. The zero-order valence-electron chi connectivity index (χ0n) is 10.2. The van der Waals surface area contributed by atoms with Crippen LogP contribution >= 0.6 is 0 Å². The second-order valence-electron chi connectivity index (χ2n) is 3.93. The Bertz CT molecular complexity index is 452. The standard InChI is InChI=1S/C12H15NO5Se/c14-11(12(15)16)6-3-7-19-8-9-4-1-2-5-10(9)13(17)18/h1-2,4-5,11,14H,3,6-8H2,(H,15,16)/t11-/m0/s1. The van der Waals surface area contributed by atoms with Crippen LogP contribution in [-0.4, -0.2) is 42.2 Å². The number of hydrogen-bond acceptors (Lipinski definition) is 4. The van der Waals surface area contributed by atoms with Crippen molar-refractivity contribution in [2.24, 2.45) is 0 Å². The predicted molar refractivity (Wildman–Crippen MR) is 70.2 cm³/mol. The van der Waals surface area contributed by atoms with Gasteiger partial charge in [0.2, 0.25) is 0 Å². The maximum absolute atomic E-state index is 10.8. The Labute approximate surface area is 116 Å². The molecule has 0 amide bonds. The van der Waals surface area contributed by atoms with Gasteiger partial charge in [-0.15, -0.1) is 0 Å². The fraction of sp³-hybridized carbons (Fsp3) is 0.417. The van der Waals surface area contributed by atoms with Crippen molar-refractivity contribution >= 4 is 26.6 Å². The second kappa shape index (κ2) is 7.89.